The zero-order valence-electron chi connectivity index (χ0n) is 17.1. The van der Waals surface area contributed by atoms with Gasteiger partial charge in [0.2, 0.25) is 0 Å². The highest BCUT2D eigenvalue weighted by Gasteiger charge is 2.32. The SMILES string of the molecule is OCCC1CN(C2CCN(c3ccc(Cl)cc3)CC2)CCN1Cc1ccccc1. The Kier molecular flexibility index (Phi) is 7.09. The first-order valence-corrected chi connectivity index (χ1v) is 11.2. The first kappa shape index (κ1) is 20.7. The van der Waals surface area contributed by atoms with E-state index in [4.69, 9.17) is 11.6 Å². The number of nitrogens with zero attached hydrogens (tertiary/aromatic N) is 3. The number of benzene rings is 2. The largest absolute Gasteiger partial charge is 0.396 e. The molecule has 2 aliphatic heterocycles. The molecule has 0 aromatic heterocycles. The van der Waals surface area contributed by atoms with E-state index in [0.29, 0.717) is 12.1 Å². The van der Waals surface area contributed by atoms with Crippen molar-refractivity contribution in [2.75, 3.05) is 44.2 Å². The summed E-state index contributed by atoms with van der Waals surface area (Å²) in [5.41, 5.74) is 2.64. The fraction of sp³-hybridized carbons (Fsp3) is 0.500. The van der Waals surface area contributed by atoms with Crippen LogP contribution in [0.1, 0.15) is 24.8 Å². The summed E-state index contributed by atoms with van der Waals surface area (Å²) >= 11 is 6.03. The third kappa shape index (κ3) is 5.32. The number of aliphatic hydroxyl groups is 1. The average molecular weight is 414 g/mol. The average Bonchev–Trinajstić information content (AvgIpc) is 2.77. The zero-order chi connectivity index (χ0) is 20.1. The summed E-state index contributed by atoms with van der Waals surface area (Å²) in [5, 5.41) is 10.4. The lowest BCUT2D eigenvalue weighted by molar-refractivity contribution is 0.0254. The summed E-state index contributed by atoms with van der Waals surface area (Å²) in [6, 6.07) is 20.0. The van der Waals surface area contributed by atoms with Crippen LogP contribution < -0.4 is 4.90 Å². The topological polar surface area (TPSA) is 30.0 Å². The number of hydrogen-bond acceptors (Lipinski definition) is 4. The number of halogens is 1. The zero-order valence-corrected chi connectivity index (χ0v) is 17.8. The van der Waals surface area contributed by atoms with Gasteiger partial charge in [-0.1, -0.05) is 41.9 Å². The Hall–Kier alpha value is -1.59. The minimum Gasteiger partial charge on any atom is -0.396 e. The van der Waals surface area contributed by atoms with Gasteiger partial charge in [-0.05, 0) is 49.1 Å². The first-order chi connectivity index (χ1) is 14.2. The van der Waals surface area contributed by atoms with Crippen molar-refractivity contribution in [1.29, 1.82) is 0 Å². The standard InChI is InChI=1S/C24H32ClN3O/c25-21-6-8-22(9-7-21)26-13-10-23(11-14-26)28-16-15-27(24(19-28)12-17-29)18-20-4-2-1-3-5-20/h1-9,23-24,29H,10-19H2. The Morgan fingerprint density at radius 3 is 2.31 bits per heavy atom. The van der Waals surface area contributed by atoms with Crippen LogP contribution in [0.25, 0.3) is 0 Å². The van der Waals surface area contributed by atoms with Gasteiger partial charge < -0.3 is 10.0 Å². The van der Waals surface area contributed by atoms with Crippen LogP contribution in [-0.4, -0.2) is 66.3 Å². The molecule has 0 saturated carbocycles. The highest BCUT2D eigenvalue weighted by molar-refractivity contribution is 6.30. The molecule has 156 valence electrons. The highest BCUT2D eigenvalue weighted by Crippen LogP contribution is 2.26. The second-order valence-corrected chi connectivity index (χ2v) is 8.75. The third-order valence-corrected chi connectivity index (χ3v) is 6.75. The van der Waals surface area contributed by atoms with Crippen molar-refractivity contribution in [3.8, 4) is 0 Å². The number of anilines is 1. The van der Waals surface area contributed by atoms with Crippen LogP contribution in [-0.2, 0) is 6.54 Å². The Balaban J connectivity index is 1.32. The summed E-state index contributed by atoms with van der Waals surface area (Å²) in [6.07, 6.45) is 3.26. The molecule has 0 amide bonds. The summed E-state index contributed by atoms with van der Waals surface area (Å²) < 4.78 is 0. The minimum absolute atomic E-state index is 0.263. The van der Waals surface area contributed by atoms with Crippen molar-refractivity contribution >= 4 is 17.3 Å². The summed E-state index contributed by atoms with van der Waals surface area (Å²) in [6.45, 7) is 6.71. The Bertz CT molecular complexity index is 746. The maximum atomic E-state index is 9.62. The molecular weight excluding hydrogens is 382 g/mol. The van der Waals surface area contributed by atoms with E-state index in [-0.39, 0.29) is 6.61 Å². The van der Waals surface area contributed by atoms with Gasteiger partial charge >= 0.3 is 0 Å². The molecule has 29 heavy (non-hydrogen) atoms. The van der Waals surface area contributed by atoms with Gasteiger partial charge in [0, 0.05) is 68.7 Å². The minimum atomic E-state index is 0.263. The molecule has 2 fully saturated rings. The summed E-state index contributed by atoms with van der Waals surface area (Å²) in [4.78, 5) is 7.72. The molecule has 0 spiro atoms. The van der Waals surface area contributed by atoms with E-state index in [1.807, 2.05) is 12.1 Å². The second-order valence-electron chi connectivity index (χ2n) is 8.31. The van der Waals surface area contributed by atoms with Gasteiger partial charge in [0.15, 0.2) is 0 Å². The lowest BCUT2D eigenvalue weighted by Gasteiger charge is -2.47. The molecule has 0 radical (unpaired) electrons. The van der Waals surface area contributed by atoms with E-state index in [9.17, 15) is 5.11 Å². The van der Waals surface area contributed by atoms with Gasteiger partial charge in [-0.25, -0.2) is 0 Å². The molecule has 2 aromatic rings. The van der Waals surface area contributed by atoms with Crippen LogP contribution in [0.3, 0.4) is 0 Å². The second kappa shape index (κ2) is 9.94. The Labute approximate surface area is 179 Å². The van der Waals surface area contributed by atoms with Crippen molar-refractivity contribution in [3.05, 3.63) is 65.2 Å². The summed E-state index contributed by atoms with van der Waals surface area (Å²) in [7, 11) is 0. The molecule has 4 nitrogen and oxygen atoms in total. The quantitative estimate of drug-likeness (QED) is 0.778. The Morgan fingerprint density at radius 2 is 1.62 bits per heavy atom. The number of piperazine rings is 1. The molecule has 1 atom stereocenters. The van der Waals surface area contributed by atoms with Crippen LogP contribution in [0.2, 0.25) is 5.02 Å². The predicted octanol–water partition coefficient (Wildman–Crippen LogP) is 3.88. The highest BCUT2D eigenvalue weighted by atomic mass is 35.5. The van der Waals surface area contributed by atoms with E-state index in [0.717, 1.165) is 50.7 Å². The lowest BCUT2D eigenvalue weighted by Crippen LogP contribution is -2.57. The smallest absolute Gasteiger partial charge is 0.0446 e. The van der Waals surface area contributed by atoms with Crippen molar-refractivity contribution in [3.63, 3.8) is 0 Å². The van der Waals surface area contributed by atoms with Gasteiger partial charge in [0.05, 0.1) is 0 Å². The van der Waals surface area contributed by atoms with Gasteiger partial charge in [0.1, 0.15) is 0 Å². The molecular formula is C24H32ClN3O. The fourth-order valence-electron chi connectivity index (χ4n) is 4.84. The predicted molar refractivity (Wildman–Crippen MR) is 121 cm³/mol. The van der Waals surface area contributed by atoms with Crippen LogP contribution in [0.4, 0.5) is 5.69 Å². The molecule has 0 aliphatic carbocycles. The van der Waals surface area contributed by atoms with Gasteiger partial charge in [-0.15, -0.1) is 0 Å². The molecule has 0 bridgehead atoms. The number of hydrogen-bond donors (Lipinski definition) is 1. The molecule has 1 unspecified atom stereocenters. The molecule has 4 rings (SSSR count). The van der Waals surface area contributed by atoms with Crippen molar-refractivity contribution in [1.82, 2.24) is 9.80 Å². The van der Waals surface area contributed by atoms with Gasteiger partial charge in [-0.3, -0.25) is 9.80 Å². The Morgan fingerprint density at radius 1 is 0.897 bits per heavy atom. The molecule has 5 heteroatoms. The van der Waals surface area contributed by atoms with Gasteiger partial charge in [0.25, 0.3) is 0 Å². The van der Waals surface area contributed by atoms with E-state index < -0.39 is 0 Å². The van der Waals surface area contributed by atoms with Crippen LogP contribution in [0.5, 0.6) is 0 Å². The first-order valence-electron chi connectivity index (χ1n) is 10.9. The van der Waals surface area contributed by atoms with E-state index in [2.05, 4.69) is 57.2 Å². The fourth-order valence-corrected chi connectivity index (χ4v) is 4.96. The van der Waals surface area contributed by atoms with Crippen molar-refractivity contribution in [2.45, 2.75) is 37.9 Å². The molecule has 2 saturated heterocycles. The number of rotatable bonds is 6. The monoisotopic (exact) mass is 413 g/mol. The van der Waals surface area contributed by atoms with Crippen molar-refractivity contribution in [2.24, 2.45) is 0 Å². The normalized spacial score (nSPS) is 22.1. The van der Waals surface area contributed by atoms with Crippen molar-refractivity contribution < 1.29 is 5.11 Å². The van der Waals surface area contributed by atoms with E-state index >= 15 is 0 Å². The number of piperidine rings is 1. The summed E-state index contributed by atoms with van der Waals surface area (Å²) in [5.74, 6) is 0. The third-order valence-electron chi connectivity index (χ3n) is 6.50. The van der Waals surface area contributed by atoms with E-state index in [1.54, 1.807) is 0 Å². The van der Waals surface area contributed by atoms with Crippen LogP contribution in [0, 0.1) is 0 Å². The van der Waals surface area contributed by atoms with E-state index in [1.165, 1.54) is 24.1 Å². The van der Waals surface area contributed by atoms with Crippen LogP contribution >= 0.6 is 11.6 Å². The maximum Gasteiger partial charge on any atom is 0.0446 e. The molecule has 1 N–H and O–H groups in total. The number of aliphatic hydroxyl groups excluding tert-OH is 1. The maximum absolute atomic E-state index is 9.62. The lowest BCUT2D eigenvalue weighted by atomic mass is 9.99. The van der Waals surface area contributed by atoms with Gasteiger partial charge in [-0.2, -0.15) is 0 Å². The van der Waals surface area contributed by atoms with Crippen LogP contribution in [0.15, 0.2) is 54.6 Å². The molecule has 2 aromatic carbocycles. The molecule has 2 aliphatic rings. The molecule has 2 heterocycles.